The number of hydrogen-bond acceptors (Lipinski definition) is 12. The molecule has 2 aliphatic heterocycles. The number of aliphatic hydroxyl groups is 3. The minimum absolute atomic E-state index is 0.0202. The standard InChI is InChI=1S/C38H47N3O13/c1-8-18(2)30(46)35(49)41-24-11-9-10-22(14-24)32-27(52-37(6,7)53-32)16-38(36(50)51)15-25(43)28(40-21(5)42)33(54-38)31(47)26(44)17-39-34(48)23-12-19(3)29(45)20(4)13-23/h1,9-14,18,25-28,31-33,43-45,47H,15-17H2,2-7H3,(H,39,48)(H,40,42)(H,41,49)(H,50,51)/t18-,25-,26+,27?,28+,31+,32-,33+,38-/m0/s1. The number of carbonyl (C=O) groups is 5. The average Bonchev–Trinajstić information content (AvgIpc) is 3.41. The van der Waals surface area contributed by atoms with Gasteiger partial charge in [-0.15, -0.1) is 6.42 Å². The summed E-state index contributed by atoms with van der Waals surface area (Å²) in [4.78, 5) is 63.0. The van der Waals surface area contributed by atoms with E-state index in [-0.39, 0.29) is 17.0 Å². The van der Waals surface area contributed by atoms with Crippen LogP contribution in [0.5, 0.6) is 5.75 Å². The number of terminal acetylenes is 1. The first-order valence-corrected chi connectivity index (χ1v) is 17.3. The van der Waals surface area contributed by atoms with Gasteiger partial charge in [-0.1, -0.05) is 18.1 Å². The van der Waals surface area contributed by atoms with Gasteiger partial charge in [-0.3, -0.25) is 19.2 Å². The number of benzene rings is 2. The smallest absolute Gasteiger partial charge is 0.336 e. The molecule has 2 aromatic rings. The molecule has 2 aliphatic rings. The molecule has 16 heteroatoms. The molecule has 1 unspecified atom stereocenters. The molecule has 0 saturated carbocycles. The molecule has 8 N–H and O–H groups in total. The van der Waals surface area contributed by atoms with Crippen molar-refractivity contribution in [1.29, 1.82) is 0 Å². The maximum Gasteiger partial charge on any atom is 0.336 e. The molecule has 292 valence electrons. The molecule has 0 bridgehead atoms. The molecule has 2 heterocycles. The van der Waals surface area contributed by atoms with Crippen LogP contribution in [-0.4, -0.2) is 110 Å². The number of Topliss-reactive ketones (excluding diaryl/α,β-unsaturated/α-hetero) is 1. The maximum atomic E-state index is 13.1. The molecule has 4 rings (SSSR count). The van der Waals surface area contributed by atoms with Crippen LogP contribution in [0.25, 0.3) is 0 Å². The number of aliphatic carboxylic acids is 1. The van der Waals surface area contributed by atoms with Gasteiger partial charge in [0.1, 0.15) is 24.1 Å². The number of aliphatic hydroxyl groups excluding tert-OH is 3. The van der Waals surface area contributed by atoms with Gasteiger partial charge < -0.3 is 55.7 Å². The number of phenolic OH excluding ortho intramolecular Hbond substituents is 1. The summed E-state index contributed by atoms with van der Waals surface area (Å²) in [6.07, 6.45) is -4.88. The Labute approximate surface area is 312 Å². The van der Waals surface area contributed by atoms with E-state index >= 15 is 0 Å². The summed E-state index contributed by atoms with van der Waals surface area (Å²) in [5.41, 5.74) is -0.575. The van der Waals surface area contributed by atoms with Crippen molar-refractivity contribution in [3.63, 3.8) is 0 Å². The zero-order chi connectivity index (χ0) is 40.3. The Morgan fingerprint density at radius 3 is 2.28 bits per heavy atom. The second-order valence-electron chi connectivity index (χ2n) is 14.2. The van der Waals surface area contributed by atoms with Crippen molar-refractivity contribution in [3.8, 4) is 18.1 Å². The number of ketones is 1. The molecule has 3 amide bonds. The minimum Gasteiger partial charge on any atom is -0.507 e. The van der Waals surface area contributed by atoms with E-state index in [1.165, 1.54) is 31.2 Å². The second-order valence-corrected chi connectivity index (χ2v) is 14.2. The van der Waals surface area contributed by atoms with Gasteiger partial charge in [-0.05, 0) is 75.6 Å². The molecule has 0 aromatic heterocycles. The Hall–Kier alpha value is -4.89. The molecule has 54 heavy (non-hydrogen) atoms. The number of carbonyl (C=O) groups excluding carboxylic acids is 4. The summed E-state index contributed by atoms with van der Waals surface area (Å²) in [6, 6.07) is 7.75. The predicted octanol–water partition coefficient (Wildman–Crippen LogP) is 0.998. The third-order valence-corrected chi connectivity index (χ3v) is 9.44. The molecular formula is C38H47N3O13. The number of anilines is 1. The van der Waals surface area contributed by atoms with Crippen LogP contribution in [0.2, 0.25) is 0 Å². The van der Waals surface area contributed by atoms with E-state index in [2.05, 4.69) is 21.9 Å². The molecule has 2 aromatic carbocycles. The molecular weight excluding hydrogens is 706 g/mol. The fourth-order valence-electron chi connectivity index (χ4n) is 6.69. The molecule has 16 nitrogen and oxygen atoms in total. The van der Waals surface area contributed by atoms with Crippen LogP contribution >= 0.6 is 0 Å². The Bertz CT molecular complexity index is 1800. The molecule has 2 fully saturated rings. The number of rotatable bonds is 13. The lowest BCUT2D eigenvalue weighted by molar-refractivity contribution is -0.236. The number of carboxylic acids is 1. The molecule has 2 saturated heterocycles. The lowest BCUT2D eigenvalue weighted by Gasteiger charge is -2.48. The van der Waals surface area contributed by atoms with Gasteiger partial charge in [0.05, 0.1) is 30.3 Å². The fraction of sp³-hybridized carbons (Fsp3) is 0.500. The lowest BCUT2D eigenvalue weighted by atomic mass is 9.79. The highest BCUT2D eigenvalue weighted by Gasteiger charge is 2.57. The van der Waals surface area contributed by atoms with Gasteiger partial charge in [0, 0.05) is 37.6 Å². The van der Waals surface area contributed by atoms with Crippen molar-refractivity contribution in [1.82, 2.24) is 10.6 Å². The van der Waals surface area contributed by atoms with Crippen LogP contribution in [0.15, 0.2) is 36.4 Å². The van der Waals surface area contributed by atoms with Crippen molar-refractivity contribution in [3.05, 3.63) is 58.7 Å². The predicted molar refractivity (Wildman–Crippen MR) is 191 cm³/mol. The highest BCUT2D eigenvalue weighted by Crippen LogP contribution is 2.45. The molecule has 9 atom stereocenters. The van der Waals surface area contributed by atoms with Gasteiger partial charge >= 0.3 is 5.97 Å². The monoisotopic (exact) mass is 753 g/mol. The maximum absolute atomic E-state index is 13.1. The number of aryl methyl sites for hydroxylation is 2. The van der Waals surface area contributed by atoms with Gasteiger partial charge in [-0.25, -0.2) is 4.79 Å². The van der Waals surface area contributed by atoms with E-state index in [1.807, 2.05) is 0 Å². The normalized spacial score (nSPS) is 26.4. The fourth-order valence-corrected chi connectivity index (χ4v) is 6.69. The largest absolute Gasteiger partial charge is 0.507 e. The number of carboxylic acid groups (broad SMARTS) is 1. The van der Waals surface area contributed by atoms with Crippen molar-refractivity contribution in [2.45, 2.75) is 108 Å². The van der Waals surface area contributed by atoms with Crippen LogP contribution in [0.3, 0.4) is 0 Å². The highest BCUT2D eigenvalue weighted by molar-refractivity contribution is 6.41. The van der Waals surface area contributed by atoms with E-state index in [0.29, 0.717) is 16.7 Å². The molecule has 0 radical (unpaired) electrons. The summed E-state index contributed by atoms with van der Waals surface area (Å²) in [5, 5.41) is 61.9. The summed E-state index contributed by atoms with van der Waals surface area (Å²) >= 11 is 0. The lowest BCUT2D eigenvalue weighted by Crippen LogP contribution is -2.68. The van der Waals surface area contributed by atoms with Crippen LogP contribution in [-0.2, 0) is 33.4 Å². The summed E-state index contributed by atoms with van der Waals surface area (Å²) in [7, 11) is 0. The van der Waals surface area contributed by atoms with Crippen LogP contribution in [0, 0.1) is 32.1 Å². The first kappa shape index (κ1) is 41.9. The topological polar surface area (TPSA) is 250 Å². The Kier molecular flexibility index (Phi) is 12.9. The van der Waals surface area contributed by atoms with E-state index in [9.17, 15) is 49.5 Å². The van der Waals surface area contributed by atoms with Crippen molar-refractivity contribution in [2.75, 3.05) is 11.9 Å². The van der Waals surface area contributed by atoms with Gasteiger partial charge in [0.15, 0.2) is 11.4 Å². The summed E-state index contributed by atoms with van der Waals surface area (Å²) in [5.74, 6) is -4.56. The second kappa shape index (κ2) is 16.6. The third-order valence-electron chi connectivity index (χ3n) is 9.44. The number of amides is 3. The minimum atomic E-state index is -2.28. The average molecular weight is 754 g/mol. The van der Waals surface area contributed by atoms with E-state index < -0.39 is 109 Å². The van der Waals surface area contributed by atoms with E-state index in [0.717, 1.165) is 6.92 Å². The SMILES string of the molecule is C#C[C@H](C)C(=O)C(=O)Nc1cccc([C@@H]2OC(C)(C)OC2C[C@]2(C(=O)O)C[C@H](O)[C@@H](NC(C)=O)[C@H]([C@H](O)[C@H](O)CNC(=O)c3cc(C)c(O)c(C)c3)O2)c1. The van der Waals surface area contributed by atoms with Gasteiger partial charge in [-0.2, -0.15) is 0 Å². The quantitative estimate of drug-likeness (QED) is 0.105. The van der Waals surface area contributed by atoms with Crippen molar-refractivity contribution < 1.29 is 63.7 Å². The van der Waals surface area contributed by atoms with Crippen LogP contribution in [0.4, 0.5) is 5.69 Å². The Morgan fingerprint density at radius 1 is 1.04 bits per heavy atom. The highest BCUT2D eigenvalue weighted by atomic mass is 16.8. The number of phenols is 1. The first-order chi connectivity index (χ1) is 25.2. The van der Waals surface area contributed by atoms with E-state index in [1.54, 1.807) is 39.8 Å². The summed E-state index contributed by atoms with van der Waals surface area (Å²) < 4.78 is 18.4. The molecule has 0 spiro atoms. The Morgan fingerprint density at radius 2 is 1.69 bits per heavy atom. The number of nitrogens with one attached hydrogen (secondary N) is 3. The van der Waals surface area contributed by atoms with E-state index in [4.69, 9.17) is 20.6 Å². The zero-order valence-corrected chi connectivity index (χ0v) is 30.8. The first-order valence-electron chi connectivity index (χ1n) is 17.3. The number of aromatic hydroxyl groups is 1. The Balaban J connectivity index is 1.60. The van der Waals surface area contributed by atoms with Crippen molar-refractivity contribution in [2.24, 2.45) is 5.92 Å². The van der Waals surface area contributed by atoms with Gasteiger partial charge in [0.25, 0.3) is 11.8 Å². The number of ether oxygens (including phenoxy) is 3. The third kappa shape index (κ3) is 9.42. The van der Waals surface area contributed by atoms with Crippen LogP contribution < -0.4 is 16.0 Å². The summed E-state index contributed by atoms with van der Waals surface area (Å²) in [6.45, 7) is 8.43. The zero-order valence-electron chi connectivity index (χ0n) is 30.8. The number of hydrogen-bond donors (Lipinski definition) is 8. The van der Waals surface area contributed by atoms with Gasteiger partial charge in [0.2, 0.25) is 11.7 Å². The van der Waals surface area contributed by atoms with Crippen molar-refractivity contribution >= 4 is 35.2 Å². The van der Waals surface area contributed by atoms with Crippen LogP contribution in [0.1, 0.15) is 73.7 Å². The molecule has 0 aliphatic carbocycles.